The fourth-order valence-corrected chi connectivity index (χ4v) is 4.24. The van der Waals surface area contributed by atoms with E-state index in [-0.39, 0.29) is 30.1 Å². The van der Waals surface area contributed by atoms with Crippen molar-refractivity contribution in [2.24, 2.45) is 4.99 Å². The summed E-state index contributed by atoms with van der Waals surface area (Å²) in [6.07, 6.45) is 2.74. The normalized spacial score (nSPS) is 25.9. The van der Waals surface area contributed by atoms with Gasteiger partial charge in [-0.2, -0.15) is 11.3 Å². The lowest BCUT2D eigenvalue weighted by Crippen LogP contribution is -2.51. The first-order valence-electron chi connectivity index (χ1n) is 9.21. The SMILES string of the molecule is CCNC(=NCC(C)(O)c1ccsc1)NCC1CN2CCCC2CO1.I. The zero-order chi connectivity index (χ0) is 17.7. The third-order valence-electron chi connectivity index (χ3n) is 4.99. The molecule has 0 aromatic carbocycles. The second kappa shape index (κ2) is 10.2. The van der Waals surface area contributed by atoms with Crippen LogP contribution < -0.4 is 10.6 Å². The Morgan fingerprint density at radius 3 is 3.08 bits per heavy atom. The number of thiophene rings is 1. The van der Waals surface area contributed by atoms with Crippen LogP contribution >= 0.6 is 35.3 Å². The van der Waals surface area contributed by atoms with Gasteiger partial charge in [-0.3, -0.25) is 4.90 Å². The molecule has 0 spiro atoms. The number of guanidine groups is 1. The van der Waals surface area contributed by atoms with Crippen molar-refractivity contribution in [3.05, 3.63) is 22.4 Å². The average molecular weight is 494 g/mol. The molecule has 8 heteroatoms. The number of nitrogens with zero attached hydrogens (tertiary/aromatic N) is 2. The molecule has 0 saturated carbocycles. The lowest BCUT2D eigenvalue weighted by atomic mass is 10.00. The summed E-state index contributed by atoms with van der Waals surface area (Å²) in [5.74, 6) is 0.727. The summed E-state index contributed by atoms with van der Waals surface area (Å²) in [7, 11) is 0. The first-order chi connectivity index (χ1) is 12.1. The Labute approximate surface area is 177 Å². The van der Waals surface area contributed by atoms with E-state index in [1.807, 2.05) is 23.8 Å². The molecule has 0 radical (unpaired) electrons. The van der Waals surface area contributed by atoms with Gasteiger partial charge >= 0.3 is 0 Å². The van der Waals surface area contributed by atoms with Crippen LogP contribution in [0.25, 0.3) is 0 Å². The molecule has 3 N–H and O–H groups in total. The van der Waals surface area contributed by atoms with Crippen LogP contribution in [-0.4, -0.2) is 67.4 Å². The first kappa shape index (κ1) is 21.9. The highest BCUT2D eigenvalue weighted by molar-refractivity contribution is 14.0. The largest absolute Gasteiger partial charge is 0.383 e. The fraction of sp³-hybridized carbons (Fsp3) is 0.722. The van der Waals surface area contributed by atoms with E-state index in [0.29, 0.717) is 12.6 Å². The van der Waals surface area contributed by atoms with Gasteiger partial charge in [-0.05, 0) is 55.6 Å². The zero-order valence-corrected chi connectivity index (χ0v) is 18.8. The number of morpholine rings is 1. The van der Waals surface area contributed by atoms with Crippen molar-refractivity contribution in [2.45, 2.75) is 44.4 Å². The van der Waals surface area contributed by atoms with Gasteiger partial charge in [0.1, 0.15) is 5.60 Å². The number of ether oxygens (including phenoxy) is 1. The number of hydrogen-bond donors (Lipinski definition) is 3. The summed E-state index contributed by atoms with van der Waals surface area (Å²) in [5.41, 5.74) is -0.0419. The Bertz CT molecular complexity index is 568. The average Bonchev–Trinajstić information content (AvgIpc) is 3.28. The van der Waals surface area contributed by atoms with E-state index < -0.39 is 5.60 Å². The smallest absolute Gasteiger partial charge is 0.191 e. The first-order valence-corrected chi connectivity index (χ1v) is 10.2. The second-order valence-corrected chi connectivity index (χ2v) is 7.89. The van der Waals surface area contributed by atoms with Gasteiger partial charge in [0, 0.05) is 25.7 Å². The Morgan fingerprint density at radius 2 is 2.35 bits per heavy atom. The summed E-state index contributed by atoms with van der Waals surface area (Å²) in [6.45, 7) is 8.71. The molecule has 3 unspecified atom stereocenters. The maximum atomic E-state index is 10.6. The van der Waals surface area contributed by atoms with Crippen molar-refractivity contribution >= 4 is 41.3 Å². The maximum Gasteiger partial charge on any atom is 0.191 e. The third kappa shape index (κ3) is 5.79. The third-order valence-corrected chi connectivity index (χ3v) is 5.67. The molecular formula is C18H31IN4O2S. The van der Waals surface area contributed by atoms with Crippen LogP contribution in [0, 0.1) is 0 Å². The van der Waals surface area contributed by atoms with Crippen LogP contribution in [0.15, 0.2) is 21.8 Å². The van der Waals surface area contributed by atoms with Crippen molar-refractivity contribution in [1.82, 2.24) is 15.5 Å². The van der Waals surface area contributed by atoms with Gasteiger partial charge in [0.25, 0.3) is 0 Å². The van der Waals surface area contributed by atoms with Crippen LogP contribution in [0.4, 0.5) is 0 Å². The monoisotopic (exact) mass is 494 g/mol. The van der Waals surface area contributed by atoms with Gasteiger partial charge in [-0.25, -0.2) is 4.99 Å². The van der Waals surface area contributed by atoms with E-state index in [1.165, 1.54) is 19.4 Å². The number of rotatable bonds is 6. The van der Waals surface area contributed by atoms with Crippen molar-refractivity contribution in [1.29, 1.82) is 0 Å². The summed E-state index contributed by atoms with van der Waals surface area (Å²) in [4.78, 5) is 7.11. The molecule has 3 heterocycles. The van der Waals surface area contributed by atoms with Crippen LogP contribution in [-0.2, 0) is 10.3 Å². The Morgan fingerprint density at radius 1 is 1.50 bits per heavy atom. The summed E-state index contributed by atoms with van der Waals surface area (Å²) in [6, 6.07) is 2.57. The molecule has 2 saturated heterocycles. The van der Waals surface area contributed by atoms with Gasteiger partial charge in [0.15, 0.2) is 5.96 Å². The number of halogens is 1. The molecule has 148 valence electrons. The highest BCUT2D eigenvalue weighted by Gasteiger charge is 2.32. The predicted molar refractivity (Wildman–Crippen MR) is 118 cm³/mol. The van der Waals surface area contributed by atoms with Crippen molar-refractivity contribution in [3.63, 3.8) is 0 Å². The topological polar surface area (TPSA) is 69.1 Å². The quantitative estimate of drug-likeness (QED) is 0.321. The van der Waals surface area contributed by atoms with Gasteiger partial charge in [0.2, 0.25) is 0 Å². The van der Waals surface area contributed by atoms with E-state index in [4.69, 9.17) is 4.74 Å². The molecule has 1 aromatic heterocycles. The molecular weight excluding hydrogens is 463 g/mol. The molecule has 6 nitrogen and oxygen atoms in total. The van der Waals surface area contributed by atoms with Crippen LogP contribution in [0.5, 0.6) is 0 Å². The van der Waals surface area contributed by atoms with Crippen molar-refractivity contribution < 1.29 is 9.84 Å². The van der Waals surface area contributed by atoms with Crippen LogP contribution in [0.2, 0.25) is 0 Å². The number of nitrogens with one attached hydrogen (secondary N) is 2. The molecule has 2 aliphatic rings. The maximum absolute atomic E-state index is 10.6. The van der Waals surface area contributed by atoms with Crippen molar-refractivity contribution in [2.75, 3.05) is 39.3 Å². The molecule has 2 fully saturated rings. The number of aliphatic hydroxyl groups is 1. The molecule has 3 atom stereocenters. The minimum atomic E-state index is -0.952. The molecule has 0 amide bonds. The molecule has 0 bridgehead atoms. The van der Waals surface area contributed by atoms with Crippen LogP contribution in [0.3, 0.4) is 0 Å². The second-order valence-electron chi connectivity index (χ2n) is 7.11. The molecule has 3 rings (SSSR count). The van der Waals surface area contributed by atoms with Gasteiger partial charge in [-0.1, -0.05) is 0 Å². The predicted octanol–water partition coefficient (Wildman–Crippen LogP) is 1.99. The number of fused-ring (bicyclic) bond motifs is 1. The standard InChI is InChI=1S/C18H30N4O2S.HI/c1-3-19-17(21-13-18(2,23)14-6-8-25-12-14)20-9-16-10-22-7-4-5-15(22)11-24-16;/h6,8,12,15-16,23H,3-5,7,9-11,13H2,1-2H3,(H2,19,20,21);1H. The van der Waals surface area contributed by atoms with E-state index >= 15 is 0 Å². The van der Waals surface area contributed by atoms with E-state index in [0.717, 1.165) is 37.8 Å². The van der Waals surface area contributed by atoms with Gasteiger partial charge in [0.05, 0.1) is 19.3 Å². The summed E-state index contributed by atoms with van der Waals surface area (Å²) >= 11 is 1.59. The fourth-order valence-electron chi connectivity index (χ4n) is 3.46. The van der Waals surface area contributed by atoms with Gasteiger partial charge < -0.3 is 20.5 Å². The van der Waals surface area contributed by atoms with E-state index in [1.54, 1.807) is 18.3 Å². The minimum absolute atomic E-state index is 0. The Hall–Kier alpha value is -0.420. The molecule has 2 aliphatic heterocycles. The van der Waals surface area contributed by atoms with Gasteiger partial charge in [-0.15, -0.1) is 24.0 Å². The highest BCUT2D eigenvalue weighted by atomic mass is 127. The number of aliphatic imine (C=N–C) groups is 1. The summed E-state index contributed by atoms with van der Waals surface area (Å²) in [5, 5.41) is 21.2. The molecule has 1 aromatic rings. The zero-order valence-electron chi connectivity index (χ0n) is 15.6. The Balaban J connectivity index is 0.00000243. The lowest BCUT2D eigenvalue weighted by molar-refractivity contribution is -0.0453. The highest BCUT2D eigenvalue weighted by Crippen LogP contribution is 2.23. The summed E-state index contributed by atoms with van der Waals surface area (Å²) < 4.78 is 5.99. The number of hydrogen-bond acceptors (Lipinski definition) is 5. The minimum Gasteiger partial charge on any atom is -0.383 e. The molecule has 0 aliphatic carbocycles. The molecule has 26 heavy (non-hydrogen) atoms. The lowest BCUT2D eigenvalue weighted by Gasteiger charge is -2.35. The Kier molecular flexibility index (Phi) is 8.59. The van der Waals surface area contributed by atoms with E-state index in [2.05, 4.69) is 20.5 Å². The van der Waals surface area contributed by atoms with Crippen LogP contribution in [0.1, 0.15) is 32.3 Å². The van der Waals surface area contributed by atoms with E-state index in [9.17, 15) is 5.11 Å². The van der Waals surface area contributed by atoms with Crippen molar-refractivity contribution in [3.8, 4) is 0 Å².